The molecule has 0 radical (unpaired) electrons. The lowest BCUT2D eigenvalue weighted by atomic mass is 10.1. The van der Waals surface area contributed by atoms with Crippen molar-refractivity contribution in [1.82, 2.24) is 14.9 Å². The number of benzene rings is 1. The second kappa shape index (κ2) is 8.56. The minimum Gasteiger partial charge on any atom is -0.374 e. The monoisotopic (exact) mass is 386 g/mol. The molecule has 1 aliphatic rings. The van der Waals surface area contributed by atoms with E-state index in [0.717, 1.165) is 17.5 Å². The molecule has 1 fully saturated rings. The largest absolute Gasteiger partial charge is 0.374 e. The third-order valence-electron chi connectivity index (χ3n) is 4.93. The van der Waals surface area contributed by atoms with Crippen molar-refractivity contribution in [2.45, 2.75) is 12.5 Å². The molecular formula is C23H22N4O2. The molecular weight excluding hydrogens is 364 g/mol. The van der Waals surface area contributed by atoms with Crippen LogP contribution in [0.5, 0.6) is 0 Å². The van der Waals surface area contributed by atoms with Crippen LogP contribution in [-0.4, -0.2) is 39.9 Å². The average molecular weight is 386 g/mol. The summed E-state index contributed by atoms with van der Waals surface area (Å²) in [7, 11) is 0. The van der Waals surface area contributed by atoms with E-state index in [1.54, 1.807) is 29.6 Å². The number of nitrogens with zero attached hydrogens (tertiary/aromatic N) is 2. The maximum atomic E-state index is 12.3. The first-order chi connectivity index (χ1) is 14.2. The second-order valence-corrected chi connectivity index (χ2v) is 7.04. The normalized spacial score (nSPS) is 14.0. The van der Waals surface area contributed by atoms with Crippen LogP contribution in [0.1, 0.15) is 5.56 Å². The first-order valence-corrected chi connectivity index (χ1v) is 9.58. The van der Waals surface area contributed by atoms with Crippen LogP contribution in [0, 0.1) is 0 Å². The Kier molecular flexibility index (Phi) is 5.52. The van der Waals surface area contributed by atoms with Gasteiger partial charge in [0.15, 0.2) is 0 Å². The van der Waals surface area contributed by atoms with E-state index in [0.29, 0.717) is 18.8 Å². The minimum atomic E-state index is -0.171. The van der Waals surface area contributed by atoms with Gasteiger partial charge < -0.3 is 15.2 Å². The SMILES string of the molecule is O=C(/C=C/Cc1ccccc1)N1CC(Nc2cc(-c3ccncc3)c[nH]c2=O)C1. The Labute approximate surface area is 168 Å². The molecule has 3 heterocycles. The lowest BCUT2D eigenvalue weighted by Crippen LogP contribution is -2.57. The summed E-state index contributed by atoms with van der Waals surface area (Å²) in [6, 6.07) is 15.7. The number of likely N-dealkylation sites (tertiary alicyclic amines) is 1. The fourth-order valence-corrected chi connectivity index (χ4v) is 3.29. The quantitative estimate of drug-likeness (QED) is 0.639. The summed E-state index contributed by atoms with van der Waals surface area (Å²) in [5.41, 5.74) is 3.40. The summed E-state index contributed by atoms with van der Waals surface area (Å²) in [6.45, 7) is 1.15. The Hall–Kier alpha value is -3.67. The van der Waals surface area contributed by atoms with E-state index in [9.17, 15) is 9.59 Å². The Morgan fingerprint density at radius 3 is 2.66 bits per heavy atom. The molecule has 146 valence electrons. The highest BCUT2D eigenvalue weighted by Crippen LogP contribution is 2.20. The molecule has 1 amide bonds. The molecule has 0 spiro atoms. The zero-order chi connectivity index (χ0) is 20.1. The molecule has 1 aromatic carbocycles. The van der Waals surface area contributed by atoms with Crippen molar-refractivity contribution in [1.29, 1.82) is 0 Å². The molecule has 0 bridgehead atoms. The number of carbonyl (C=O) groups is 1. The van der Waals surface area contributed by atoms with Crippen molar-refractivity contribution in [3.8, 4) is 11.1 Å². The number of carbonyl (C=O) groups excluding carboxylic acids is 1. The number of nitrogens with one attached hydrogen (secondary N) is 2. The molecule has 6 nitrogen and oxygen atoms in total. The maximum Gasteiger partial charge on any atom is 0.271 e. The Morgan fingerprint density at radius 1 is 1.14 bits per heavy atom. The van der Waals surface area contributed by atoms with E-state index in [2.05, 4.69) is 15.3 Å². The highest BCUT2D eigenvalue weighted by atomic mass is 16.2. The molecule has 1 aliphatic heterocycles. The zero-order valence-electron chi connectivity index (χ0n) is 15.9. The van der Waals surface area contributed by atoms with Gasteiger partial charge in [0.1, 0.15) is 5.69 Å². The van der Waals surface area contributed by atoms with E-state index < -0.39 is 0 Å². The molecule has 0 atom stereocenters. The van der Waals surface area contributed by atoms with Crippen LogP contribution in [0.4, 0.5) is 5.69 Å². The summed E-state index contributed by atoms with van der Waals surface area (Å²) < 4.78 is 0. The van der Waals surface area contributed by atoms with E-state index in [4.69, 9.17) is 0 Å². The first-order valence-electron chi connectivity index (χ1n) is 9.58. The minimum absolute atomic E-state index is 0.00146. The van der Waals surface area contributed by atoms with Crippen LogP contribution in [0.15, 0.2) is 84.1 Å². The van der Waals surface area contributed by atoms with Crippen LogP contribution in [0.25, 0.3) is 11.1 Å². The van der Waals surface area contributed by atoms with Crippen LogP contribution in [0.3, 0.4) is 0 Å². The van der Waals surface area contributed by atoms with E-state index in [1.807, 2.05) is 54.6 Å². The molecule has 6 heteroatoms. The topological polar surface area (TPSA) is 78.1 Å². The van der Waals surface area contributed by atoms with Crippen molar-refractivity contribution in [2.75, 3.05) is 18.4 Å². The van der Waals surface area contributed by atoms with E-state index >= 15 is 0 Å². The lowest BCUT2D eigenvalue weighted by molar-refractivity contribution is -0.129. The van der Waals surface area contributed by atoms with Crippen molar-refractivity contribution < 1.29 is 4.79 Å². The van der Waals surface area contributed by atoms with Gasteiger partial charge in [0, 0.05) is 37.2 Å². The summed E-state index contributed by atoms with van der Waals surface area (Å²) >= 11 is 0. The van der Waals surface area contributed by atoms with Crippen LogP contribution >= 0.6 is 0 Å². The molecule has 0 unspecified atom stereocenters. The number of pyridine rings is 2. The zero-order valence-corrected chi connectivity index (χ0v) is 15.9. The number of aromatic nitrogens is 2. The number of rotatable bonds is 6. The average Bonchev–Trinajstić information content (AvgIpc) is 2.73. The van der Waals surface area contributed by atoms with Gasteiger partial charge in [-0.15, -0.1) is 0 Å². The van der Waals surface area contributed by atoms with Crippen molar-refractivity contribution >= 4 is 11.6 Å². The van der Waals surface area contributed by atoms with Crippen molar-refractivity contribution in [3.63, 3.8) is 0 Å². The number of anilines is 1. The predicted octanol–water partition coefficient (Wildman–Crippen LogP) is 2.86. The van der Waals surface area contributed by atoms with Gasteiger partial charge in [-0.2, -0.15) is 0 Å². The van der Waals surface area contributed by atoms with Gasteiger partial charge in [-0.1, -0.05) is 36.4 Å². The fraction of sp³-hybridized carbons (Fsp3) is 0.174. The van der Waals surface area contributed by atoms with Gasteiger partial charge in [0.2, 0.25) is 5.91 Å². The first kappa shape index (κ1) is 18.7. The maximum absolute atomic E-state index is 12.3. The summed E-state index contributed by atoms with van der Waals surface area (Å²) in [5, 5.41) is 3.25. The second-order valence-electron chi connectivity index (χ2n) is 7.04. The van der Waals surface area contributed by atoms with Crippen LogP contribution < -0.4 is 10.9 Å². The summed E-state index contributed by atoms with van der Waals surface area (Å²) in [5.74, 6) is -0.00146. The molecule has 3 aromatic rings. The number of amides is 1. The van der Waals surface area contributed by atoms with Gasteiger partial charge in [-0.3, -0.25) is 14.6 Å². The highest BCUT2D eigenvalue weighted by Gasteiger charge is 2.29. The lowest BCUT2D eigenvalue weighted by Gasteiger charge is -2.39. The highest BCUT2D eigenvalue weighted by molar-refractivity contribution is 5.88. The van der Waals surface area contributed by atoms with E-state index in [1.165, 1.54) is 5.56 Å². The number of H-pyrrole nitrogens is 1. The molecule has 2 N–H and O–H groups in total. The van der Waals surface area contributed by atoms with Gasteiger partial charge in [-0.25, -0.2) is 0 Å². The number of allylic oxidation sites excluding steroid dienone is 1. The summed E-state index contributed by atoms with van der Waals surface area (Å²) in [4.78, 5) is 33.0. The predicted molar refractivity (Wildman–Crippen MR) is 114 cm³/mol. The van der Waals surface area contributed by atoms with Gasteiger partial charge in [-0.05, 0) is 41.8 Å². The Morgan fingerprint density at radius 2 is 1.90 bits per heavy atom. The summed E-state index contributed by atoms with van der Waals surface area (Å²) in [6.07, 6.45) is 9.38. The van der Waals surface area contributed by atoms with Crippen LogP contribution in [-0.2, 0) is 11.2 Å². The smallest absolute Gasteiger partial charge is 0.271 e. The molecule has 1 saturated heterocycles. The standard InChI is InChI=1S/C23H22N4O2/c28-22(8-4-7-17-5-2-1-3-6-17)27-15-20(16-27)26-21-13-19(14-25-23(21)29)18-9-11-24-12-10-18/h1-6,8-14,20,26H,7,15-16H2,(H,25,29)/b8-4+. The Balaban J connectivity index is 1.31. The Bertz CT molecular complexity index is 1050. The van der Waals surface area contributed by atoms with Gasteiger partial charge in [0.25, 0.3) is 5.56 Å². The number of hydrogen-bond donors (Lipinski definition) is 2. The van der Waals surface area contributed by atoms with Crippen molar-refractivity contribution in [2.24, 2.45) is 0 Å². The van der Waals surface area contributed by atoms with Gasteiger partial charge in [0.05, 0.1) is 6.04 Å². The molecule has 2 aromatic heterocycles. The number of hydrogen-bond acceptors (Lipinski definition) is 4. The number of aromatic amines is 1. The van der Waals surface area contributed by atoms with Crippen LogP contribution in [0.2, 0.25) is 0 Å². The fourth-order valence-electron chi connectivity index (χ4n) is 3.29. The van der Waals surface area contributed by atoms with Crippen molar-refractivity contribution in [3.05, 3.63) is 95.2 Å². The third-order valence-corrected chi connectivity index (χ3v) is 4.93. The molecule has 4 rings (SSSR count). The van der Waals surface area contributed by atoms with Gasteiger partial charge >= 0.3 is 0 Å². The molecule has 0 saturated carbocycles. The van der Waals surface area contributed by atoms with E-state index in [-0.39, 0.29) is 17.5 Å². The molecule has 29 heavy (non-hydrogen) atoms. The third kappa shape index (κ3) is 4.60. The molecule has 0 aliphatic carbocycles.